The minimum absolute atomic E-state index is 0.149. The Morgan fingerprint density at radius 1 is 0.481 bits per heavy atom. The van der Waals surface area contributed by atoms with Crippen LogP contribution in [0.5, 0.6) is 0 Å². The van der Waals surface area contributed by atoms with Gasteiger partial charge in [0, 0.05) is 13.8 Å². The monoisotopic (exact) mass is 1050 g/mol. The molecule has 0 aromatic heterocycles. The number of aliphatic hydroxyl groups is 2. The Balaban J connectivity index is 0.000000105. The highest BCUT2D eigenvalue weighted by Crippen LogP contribution is 2.65. The maximum Gasteiger partial charge on any atom is 0.302 e. The Hall–Kier alpha value is -3.56. The van der Waals surface area contributed by atoms with Crippen molar-refractivity contribution in [1.29, 1.82) is 0 Å². The van der Waals surface area contributed by atoms with Crippen LogP contribution in [0, 0.1) is 124 Å². The summed E-state index contributed by atoms with van der Waals surface area (Å²) in [6, 6.07) is 10.9. The lowest BCUT2D eigenvalue weighted by Gasteiger charge is -2.31. The van der Waals surface area contributed by atoms with Crippen molar-refractivity contribution >= 4 is 11.9 Å². The number of esters is 2. The predicted molar refractivity (Wildman–Crippen MR) is 306 cm³/mol. The van der Waals surface area contributed by atoms with Gasteiger partial charge in [0.2, 0.25) is 0 Å². The largest absolute Gasteiger partial charge is 0.466 e. The van der Waals surface area contributed by atoms with Gasteiger partial charge in [-0.1, -0.05) is 103 Å². The number of ether oxygens (including phenoxy) is 4. The number of hydrogen-bond acceptors (Lipinski definition) is 8. The number of aliphatic hydroxyl groups excluding tert-OH is 1. The van der Waals surface area contributed by atoms with Gasteiger partial charge in [-0.3, -0.25) is 9.59 Å². The van der Waals surface area contributed by atoms with Gasteiger partial charge in [-0.2, -0.15) is 0 Å². The molecule has 422 valence electrons. The van der Waals surface area contributed by atoms with E-state index < -0.39 is 5.60 Å². The van der Waals surface area contributed by atoms with E-state index in [1.54, 1.807) is 19.3 Å². The van der Waals surface area contributed by atoms with E-state index in [2.05, 4.69) is 103 Å². The molecule has 77 heavy (non-hydrogen) atoms. The van der Waals surface area contributed by atoms with Crippen LogP contribution in [0.1, 0.15) is 130 Å². The molecule has 14 aliphatic carbocycles. The predicted octanol–water partition coefficient (Wildman–Crippen LogP) is 13.4. The normalized spacial score (nSPS) is 40.4. The Bertz CT molecular complexity index is 2230. The minimum Gasteiger partial charge on any atom is -0.466 e. The molecule has 2 N–H and O–H groups in total. The molecule has 14 bridgehead atoms. The lowest BCUT2D eigenvalue weighted by molar-refractivity contribution is -0.143. The summed E-state index contributed by atoms with van der Waals surface area (Å²) in [5.41, 5.74) is 1.04. The van der Waals surface area contributed by atoms with Crippen LogP contribution in [0.25, 0.3) is 0 Å². The Kier molecular flexibility index (Phi) is 19.4. The fraction of sp³-hybridized carbons (Fsp3) is 0.710. The summed E-state index contributed by atoms with van der Waals surface area (Å²) in [6.07, 6.45) is 50.5. The van der Waals surface area contributed by atoms with Crippen molar-refractivity contribution in [1.82, 2.24) is 0 Å². The van der Waals surface area contributed by atoms with Crippen LogP contribution in [-0.4, -0.2) is 74.0 Å². The number of hydrogen-bond donors (Lipinski definition) is 2. The maximum atomic E-state index is 10.6. The van der Waals surface area contributed by atoms with E-state index in [4.69, 9.17) is 24.1 Å². The van der Waals surface area contributed by atoms with E-state index in [0.717, 1.165) is 108 Å². The second-order valence-electron chi connectivity index (χ2n) is 27.2. The van der Waals surface area contributed by atoms with Crippen LogP contribution in [-0.2, 0) is 35.0 Å². The van der Waals surface area contributed by atoms with Gasteiger partial charge in [0.1, 0.15) is 6.61 Å². The van der Waals surface area contributed by atoms with E-state index in [9.17, 15) is 14.7 Å². The molecule has 21 unspecified atom stereocenters. The SMILES string of the molecule is C1=CC2CC1C1C3CCC(C3)C21.C1=CC2CC1CC2CCc1ccccc1.CC(=O)OCC1CC2C=CC1C2.CC(=O)OCCOCC1CC2C=CC1C2.CC(C)(O)C1CC2C=CC1C2.OCCOCC1CC2C=CC1C2. The molecule has 8 heteroatoms. The third-order valence-electron chi connectivity index (χ3n) is 21.6. The number of carbonyl (C=O) groups excluding carboxylic acids is 2. The standard InChI is InChI=1S/C15H18.C12H18O3.C12H16.C10H14O2.C10H16O2.C10H16O/c1-2-4-12(5-3-1)6-8-14-10-13-7-9-15(14)11-13;1-9(13)15-5-4-14-8-12-7-10-2-3-11(12)6-10;1-2-8-5-7(1)11-9-3-4-10(6-9)12(8)11;1-7(11)12-6-10-5-8-2-3-9(10)4-8;11-3-4-12-7-10-6-8-1-2-9(10)5-8;1-10(2,11)9-6-7-3-4-8(9)5-7/h1-5,7,9,13-15H,6,8,10-11H2;2-3,10-12H,4-8H2,1H3;1-2,7-12H,3-6H2;2-3,8-10H,4-6H2,1H3;1-2,8-11H,3-7H2;3-4,7-9,11H,5-6H2,1-2H3. The first-order valence-electron chi connectivity index (χ1n) is 31.2. The molecule has 0 radical (unpaired) electrons. The number of carbonyl (C=O) groups is 2. The molecular formula is C69H98O8. The topological polar surface area (TPSA) is 112 Å². The molecule has 0 aliphatic heterocycles. The third kappa shape index (κ3) is 14.7. The van der Waals surface area contributed by atoms with Crippen LogP contribution in [0.15, 0.2) is 103 Å². The summed E-state index contributed by atoms with van der Waals surface area (Å²) in [7, 11) is 0. The molecule has 8 fully saturated rings. The van der Waals surface area contributed by atoms with Gasteiger partial charge in [0.15, 0.2) is 0 Å². The van der Waals surface area contributed by atoms with E-state index in [-0.39, 0.29) is 18.5 Å². The summed E-state index contributed by atoms with van der Waals surface area (Å²) >= 11 is 0. The molecule has 0 spiro atoms. The van der Waals surface area contributed by atoms with E-state index in [1.165, 1.54) is 103 Å². The van der Waals surface area contributed by atoms with Crippen molar-refractivity contribution in [3.8, 4) is 0 Å². The zero-order chi connectivity index (χ0) is 53.5. The first-order chi connectivity index (χ1) is 37.3. The lowest BCUT2D eigenvalue weighted by Crippen LogP contribution is -2.33. The molecule has 8 nitrogen and oxygen atoms in total. The second-order valence-corrected chi connectivity index (χ2v) is 27.2. The molecule has 14 aliphatic rings. The molecule has 0 heterocycles. The van der Waals surface area contributed by atoms with Crippen molar-refractivity contribution < 1.29 is 38.7 Å². The molecule has 1 aromatic rings. The summed E-state index contributed by atoms with van der Waals surface area (Å²) in [4.78, 5) is 21.0. The van der Waals surface area contributed by atoms with Crippen molar-refractivity contribution in [2.75, 3.05) is 46.2 Å². The van der Waals surface area contributed by atoms with E-state index in [1.807, 2.05) is 13.8 Å². The van der Waals surface area contributed by atoms with Crippen LogP contribution >= 0.6 is 0 Å². The molecule has 8 saturated carbocycles. The zero-order valence-corrected chi connectivity index (χ0v) is 47.5. The van der Waals surface area contributed by atoms with Crippen LogP contribution in [0.2, 0.25) is 0 Å². The average Bonchev–Trinajstić information content (AvgIpc) is 4.28. The highest BCUT2D eigenvalue weighted by molar-refractivity contribution is 5.66. The smallest absolute Gasteiger partial charge is 0.302 e. The zero-order valence-electron chi connectivity index (χ0n) is 47.5. The quantitative estimate of drug-likeness (QED) is 0.0773. The fourth-order valence-electron chi connectivity index (χ4n) is 18.1. The molecule has 0 saturated heterocycles. The van der Waals surface area contributed by atoms with Crippen molar-refractivity contribution in [3.05, 3.63) is 109 Å². The highest BCUT2D eigenvalue weighted by Gasteiger charge is 2.57. The number of allylic oxidation sites excluding steroid dienone is 12. The van der Waals surface area contributed by atoms with Crippen LogP contribution < -0.4 is 0 Å². The van der Waals surface area contributed by atoms with Crippen LogP contribution in [0.4, 0.5) is 0 Å². The molecule has 15 rings (SSSR count). The average molecular weight is 1060 g/mol. The molecule has 0 amide bonds. The highest BCUT2D eigenvalue weighted by atomic mass is 16.6. The van der Waals surface area contributed by atoms with Gasteiger partial charge < -0.3 is 29.2 Å². The molecule has 1 aromatic carbocycles. The number of rotatable bonds is 15. The van der Waals surface area contributed by atoms with Crippen molar-refractivity contribution in [2.24, 2.45) is 124 Å². The van der Waals surface area contributed by atoms with Gasteiger partial charge in [-0.25, -0.2) is 0 Å². The second kappa shape index (κ2) is 26.4. The van der Waals surface area contributed by atoms with Crippen LogP contribution in [0.3, 0.4) is 0 Å². The summed E-state index contributed by atoms with van der Waals surface area (Å²) in [6.45, 7) is 10.6. The van der Waals surface area contributed by atoms with Crippen molar-refractivity contribution in [3.63, 3.8) is 0 Å². The number of fused-ring (bicyclic) bond motifs is 19. The fourth-order valence-corrected chi connectivity index (χ4v) is 18.1. The Labute approximate surface area is 464 Å². The Morgan fingerprint density at radius 2 is 0.922 bits per heavy atom. The summed E-state index contributed by atoms with van der Waals surface area (Å²) in [5, 5.41) is 18.3. The summed E-state index contributed by atoms with van der Waals surface area (Å²) < 4.78 is 20.6. The van der Waals surface area contributed by atoms with Gasteiger partial charge in [0.05, 0.1) is 45.2 Å². The van der Waals surface area contributed by atoms with Gasteiger partial charge in [0.25, 0.3) is 0 Å². The third-order valence-corrected chi connectivity index (χ3v) is 21.6. The number of benzene rings is 1. The Morgan fingerprint density at radius 3 is 1.32 bits per heavy atom. The van der Waals surface area contributed by atoms with Gasteiger partial charge in [-0.15, -0.1) is 0 Å². The number of aryl methyl sites for hydroxylation is 1. The molecular weight excluding hydrogens is 957 g/mol. The van der Waals surface area contributed by atoms with Gasteiger partial charge >= 0.3 is 11.9 Å². The lowest BCUT2D eigenvalue weighted by atomic mass is 9.73. The van der Waals surface area contributed by atoms with Crippen molar-refractivity contribution in [2.45, 2.75) is 136 Å². The van der Waals surface area contributed by atoms with E-state index >= 15 is 0 Å². The first-order valence-corrected chi connectivity index (χ1v) is 31.2. The van der Waals surface area contributed by atoms with Gasteiger partial charge in [-0.05, 0) is 246 Å². The maximum absolute atomic E-state index is 10.6. The minimum atomic E-state index is -0.468. The van der Waals surface area contributed by atoms with E-state index in [0.29, 0.717) is 56.0 Å². The summed E-state index contributed by atoms with van der Waals surface area (Å²) in [5.74, 6) is 17.7. The first kappa shape index (κ1) is 56.7. The molecule has 21 atom stereocenters.